The van der Waals surface area contributed by atoms with Gasteiger partial charge in [0.1, 0.15) is 0 Å². The van der Waals surface area contributed by atoms with Crippen molar-refractivity contribution in [3.63, 3.8) is 0 Å². The predicted molar refractivity (Wildman–Crippen MR) is 67.9 cm³/mol. The van der Waals surface area contributed by atoms with Crippen LogP contribution in [-0.4, -0.2) is 28.5 Å². The van der Waals surface area contributed by atoms with Gasteiger partial charge in [-0.3, -0.25) is 4.68 Å². The summed E-state index contributed by atoms with van der Waals surface area (Å²) in [5, 5.41) is 7.79. The SMILES string of the molecule is CC(C)n1cc(CNCC2(C)CCCO2)cn1. The van der Waals surface area contributed by atoms with Gasteiger partial charge in [-0.2, -0.15) is 5.10 Å². The summed E-state index contributed by atoms with van der Waals surface area (Å²) >= 11 is 0. The normalized spacial score (nSPS) is 24.7. The van der Waals surface area contributed by atoms with Crippen LogP contribution in [0.5, 0.6) is 0 Å². The lowest BCUT2D eigenvalue weighted by molar-refractivity contribution is 0.0207. The minimum absolute atomic E-state index is 0.0358. The Kier molecular flexibility index (Phi) is 3.84. The van der Waals surface area contributed by atoms with Crippen LogP contribution in [0.25, 0.3) is 0 Å². The molecule has 0 spiro atoms. The van der Waals surface area contributed by atoms with E-state index < -0.39 is 0 Å². The third kappa shape index (κ3) is 3.30. The molecule has 2 rings (SSSR count). The highest BCUT2D eigenvalue weighted by atomic mass is 16.5. The van der Waals surface area contributed by atoms with Gasteiger partial charge in [-0.05, 0) is 33.6 Å². The van der Waals surface area contributed by atoms with Crippen molar-refractivity contribution in [2.24, 2.45) is 0 Å². The van der Waals surface area contributed by atoms with E-state index in [1.165, 1.54) is 12.0 Å². The zero-order chi connectivity index (χ0) is 12.3. The second-order valence-corrected chi connectivity index (χ2v) is 5.43. The molecule has 4 nitrogen and oxygen atoms in total. The molecular formula is C13H23N3O. The molecule has 1 aliphatic rings. The fourth-order valence-corrected chi connectivity index (χ4v) is 2.20. The maximum Gasteiger partial charge on any atom is 0.0779 e. The Hall–Kier alpha value is -0.870. The molecule has 1 N–H and O–H groups in total. The second kappa shape index (κ2) is 5.19. The van der Waals surface area contributed by atoms with Crippen molar-refractivity contribution in [3.05, 3.63) is 18.0 Å². The van der Waals surface area contributed by atoms with E-state index >= 15 is 0 Å². The summed E-state index contributed by atoms with van der Waals surface area (Å²) in [5.74, 6) is 0. The lowest BCUT2D eigenvalue weighted by atomic mass is 10.0. The van der Waals surface area contributed by atoms with Gasteiger partial charge in [0.05, 0.1) is 11.8 Å². The van der Waals surface area contributed by atoms with Gasteiger partial charge in [0.2, 0.25) is 0 Å². The first kappa shape index (κ1) is 12.6. The van der Waals surface area contributed by atoms with E-state index in [0.29, 0.717) is 6.04 Å². The fraction of sp³-hybridized carbons (Fsp3) is 0.769. The molecule has 1 aliphatic heterocycles. The van der Waals surface area contributed by atoms with Crippen LogP contribution >= 0.6 is 0 Å². The summed E-state index contributed by atoms with van der Waals surface area (Å²) in [4.78, 5) is 0. The minimum atomic E-state index is 0.0358. The standard InChI is InChI=1S/C13H23N3O/c1-11(2)16-9-12(8-15-16)7-14-10-13(3)5-4-6-17-13/h8-9,11,14H,4-7,10H2,1-3H3. The largest absolute Gasteiger partial charge is 0.374 e. The summed E-state index contributed by atoms with van der Waals surface area (Å²) in [5.41, 5.74) is 1.27. The van der Waals surface area contributed by atoms with Crippen molar-refractivity contribution in [1.29, 1.82) is 0 Å². The van der Waals surface area contributed by atoms with E-state index in [4.69, 9.17) is 4.74 Å². The smallest absolute Gasteiger partial charge is 0.0779 e. The van der Waals surface area contributed by atoms with E-state index in [0.717, 1.165) is 26.1 Å². The zero-order valence-electron chi connectivity index (χ0n) is 11.1. The van der Waals surface area contributed by atoms with E-state index in [1.807, 2.05) is 10.9 Å². The number of hydrogen-bond acceptors (Lipinski definition) is 3. The summed E-state index contributed by atoms with van der Waals surface area (Å²) in [6.45, 7) is 9.15. The van der Waals surface area contributed by atoms with Gasteiger partial charge < -0.3 is 10.1 Å². The quantitative estimate of drug-likeness (QED) is 0.852. The summed E-state index contributed by atoms with van der Waals surface area (Å²) in [7, 11) is 0. The Bertz CT molecular complexity index is 353. The molecule has 4 heteroatoms. The average Bonchev–Trinajstić information content (AvgIpc) is 2.88. The first-order valence-corrected chi connectivity index (χ1v) is 6.47. The van der Waals surface area contributed by atoms with Crippen LogP contribution in [0.4, 0.5) is 0 Å². The van der Waals surface area contributed by atoms with Crippen LogP contribution in [0.1, 0.15) is 45.2 Å². The molecule has 0 aromatic carbocycles. The molecule has 1 unspecified atom stereocenters. The first-order valence-electron chi connectivity index (χ1n) is 6.47. The molecule has 0 bridgehead atoms. The maximum absolute atomic E-state index is 5.74. The Labute approximate surface area is 103 Å². The van der Waals surface area contributed by atoms with Gasteiger partial charge >= 0.3 is 0 Å². The lowest BCUT2D eigenvalue weighted by Crippen LogP contribution is -2.36. The highest BCUT2D eigenvalue weighted by molar-refractivity contribution is 5.04. The topological polar surface area (TPSA) is 39.1 Å². The van der Waals surface area contributed by atoms with Crippen molar-refractivity contribution in [1.82, 2.24) is 15.1 Å². The number of nitrogens with one attached hydrogen (secondary N) is 1. The first-order chi connectivity index (χ1) is 8.09. The number of hydrogen-bond donors (Lipinski definition) is 1. The second-order valence-electron chi connectivity index (χ2n) is 5.43. The average molecular weight is 237 g/mol. The summed E-state index contributed by atoms with van der Waals surface area (Å²) in [6, 6.07) is 0.430. The number of rotatable bonds is 5. The molecule has 17 heavy (non-hydrogen) atoms. The number of aromatic nitrogens is 2. The third-order valence-electron chi connectivity index (χ3n) is 3.31. The van der Waals surface area contributed by atoms with Crippen LogP contribution in [0.3, 0.4) is 0 Å². The molecular weight excluding hydrogens is 214 g/mol. The Morgan fingerprint density at radius 1 is 1.59 bits per heavy atom. The zero-order valence-corrected chi connectivity index (χ0v) is 11.1. The molecule has 1 atom stereocenters. The van der Waals surface area contributed by atoms with Crippen LogP contribution in [0.2, 0.25) is 0 Å². The van der Waals surface area contributed by atoms with Crippen molar-refractivity contribution in [2.75, 3.05) is 13.2 Å². The van der Waals surface area contributed by atoms with E-state index in [-0.39, 0.29) is 5.60 Å². The van der Waals surface area contributed by atoms with Gasteiger partial charge in [0.25, 0.3) is 0 Å². The third-order valence-corrected chi connectivity index (χ3v) is 3.31. The molecule has 0 saturated carbocycles. The van der Waals surface area contributed by atoms with Crippen molar-refractivity contribution in [3.8, 4) is 0 Å². The van der Waals surface area contributed by atoms with Gasteiger partial charge in [-0.15, -0.1) is 0 Å². The van der Waals surface area contributed by atoms with Crippen LogP contribution in [0.15, 0.2) is 12.4 Å². The minimum Gasteiger partial charge on any atom is -0.374 e. The fourth-order valence-electron chi connectivity index (χ4n) is 2.20. The van der Waals surface area contributed by atoms with Crippen molar-refractivity contribution in [2.45, 2.75) is 51.8 Å². The highest BCUT2D eigenvalue weighted by Gasteiger charge is 2.28. The molecule has 1 aromatic heterocycles. The highest BCUT2D eigenvalue weighted by Crippen LogP contribution is 2.23. The Morgan fingerprint density at radius 3 is 3.00 bits per heavy atom. The van der Waals surface area contributed by atoms with Gasteiger partial charge in [0, 0.05) is 37.5 Å². The van der Waals surface area contributed by atoms with Crippen molar-refractivity contribution >= 4 is 0 Å². The maximum atomic E-state index is 5.74. The van der Waals surface area contributed by atoms with E-state index in [9.17, 15) is 0 Å². The molecule has 1 fully saturated rings. The summed E-state index contributed by atoms with van der Waals surface area (Å²) < 4.78 is 7.73. The lowest BCUT2D eigenvalue weighted by Gasteiger charge is -2.23. The Morgan fingerprint density at radius 2 is 2.41 bits per heavy atom. The van der Waals surface area contributed by atoms with Crippen LogP contribution in [0, 0.1) is 0 Å². The van der Waals surface area contributed by atoms with Crippen molar-refractivity contribution < 1.29 is 4.74 Å². The van der Waals surface area contributed by atoms with E-state index in [1.54, 1.807) is 0 Å². The monoisotopic (exact) mass is 237 g/mol. The molecule has 2 heterocycles. The predicted octanol–water partition coefficient (Wildman–Crippen LogP) is 2.12. The van der Waals surface area contributed by atoms with Crippen LogP contribution in [-0.2, 0) is 11.3 Å². The van der Waals surface area contributed by atoms with Gasteiger partial charge in [-0.25, -0.2) is 0 Å². The summed E-state index contributed by atoms with van der Waals surface area (Å²) in [6.07, 6.45) is 6.38. The number of ether oxygens (including phenoxy) is 1. The molecule has 1 aromatic rings. The molecule has 0 amide bonds. The van der Waals surface area contributed by atoms with Gasteiger partial charge in [0.15, 0.2) is 0 Å². The molecule has 1 saturated heterocycles. The van der Waals surface area contributed by atoms with Gasteiger partial charge in [-0.1, -0.05) is 0 Å². The molecule has 0 aliphatic carbocycles. The molecule has 0 radical (unpaired) electrons. The molecule has 96 valence electrons. The van der Waals surface area contributed by atoms with E-state index in [2.05, 4.69) is 37.4 Å². The Balaban J connectivity index is 1.77. The number of nitrogens with zero attached hydrogens (tertiary/aromatic N) is 2. The van der Waals surface area contributed by atoms with Crippen LogP contribution < -0.4 is 5.32 Å².